The fourth-order valence-electron chi connectivity index (χ4n) is 1.61. The molecule has 0 bridgehead atoms. The maximum Gasteiger partial charge on any atom is 0.325 e. The summed E-state index contributed by atoms with van der Waals surface area (Å²) in [7, 11) is 0. The van der Waals surface area contributed by atoms with Crippen LogP contribution in [-0.4, -0.2) is 36.0 Å². The Hall–Kier alpha value is -1.59. The van der Waals surface area contributed by atoms with Gasteiger partial charge in [-0.2, -0.15) is 0 Å². The summed E-state index contributed by atoms with van der Waals surface area (Å²) in [6.07, 6.45) is 0.514. The van der Waals surface area contributed by atoms with Crippen molar-refractivity contribution < 1.29 is 19.1 Å². The molecule has 1 atom stereocenters. The van der Waals surface area contributed by atoms with Gasteiger partial charge < -0.3 is 15.4 Å². The molecule has 0 aromatic heterocycles. The minimum absolute atomic E-state index is 0.204. The molecule has 116 valence electrons. The molecular formula is C14H26N2O4. The highest BCUT2D eigenvalue weighted by molar-refractivity contribution is 5.89. The second kappa shape index (κ2) is 7.87. The Kier molecular flexibility index (Phi) is 7.24. The van der Waals surface area contributed by atoms with Gasteiger partial charge in [0.05, 0.1) is 0 Å². The van der Waals surface area contributed by atoms with Crippen molar-refractivity contribution in [3.8, 4) is 0 Å². The van der Waals surface area contributed by atoms with Crippen molar-refractivity contribution in [2.24, 2.45) is 5.92 Å². The molecule has 0 aliphatic carbocycles. The first-order valence-corrected chi connectivity index (χ1v) is 6.78. The second-order valence-electron chi connectivity index (χ2n) is 6.19. The highest BCUT2D eigenvalue weighted by Gasteiger charge is 2.22. The van der Waals surface area contributed by atoms with E-state index < -0.39 is 17.6 Å². The van der Waals surface area contributed by atoms with E-state index >= 15 is 0 Å². The minimum atomic E-state index is -0.630. The normalized spacial score (nSPS) is 12.8. The first-order valence-electron chi connectivity index (χ1n) is 6.78. The molecule has 2 amide bonds. The molecule has 0 aliphatic rings. The fourth-order valence-corrected chi connectivity index (χ4v) is 1.61. The Morgan fingerprint density at radius 1 is 1.15 bits per heavy atom. The summed E-state index contributed by atoms with van der Waals surface area (Å²) in [6, 6.07) is -0.630. The quantitative estimate of drug-likeness (QED) is 0.713. The van der Waals surface area contributed by atoms with Crippen LogP contribution in [0.15, 0.2) is 0 Å². The lowest BCUT2D eigenvalue weighted by molar-refractivity contribution is -0.154. The summed E-state index contributed by atoms with van der Waals surface area (Å²) in [5.74, 6) is -0.904. The van der Waals surface area contributed by atoms with Crippen LogP contribution in [0, 0.1) is 5.92 Å². The predicted molar refractivity (Wildman–Crippen MR) is 75.9 cm³/mol. The number of carbonyl (C=O) groups excluding carboxylic acids is 3. The van der Waals surface area contributed by atoms with E-state index in [0.717, 1.165) is 0 Å². The molecule has 0 aromatic rings. The number of carbonyl (C=O) groups is 3. The molecule has 0 spiro atoms. The molecule has 0 rings (SSSR count). The summed E-state index contributed by atoms with van der Waals surface area (Å²) in [5.41, 5.74) is -0.587. The molecule has 20 heavy (non-hydrogen) atoms. The van der Waals surface area contributed by atoms with Gasteiger partial charge in [0.1, 0.15) is 18.2 Å². The lowest BCUT2D eigenvalue weighted by Crippen LogP contribution is -2.48. The van der Waals surface area contributed by atoms with Crippen LogP contribution in [0.5, 0.6) is 0 Å². The van der Waals surface area contributed by atoms with E-state index in [0.29, 0.717) is 6.42 Å². The van der Waals surface area contributed by atoms with Crippen molar-refractivity contribution >= 4 is 17.8 Å². The van der Waals surface area contributed by atoms with Crippen LogP contribution in [0.4, 0.5) is 0 Å². The highest BCUT2D eigenvalue weighted by Crippen LogP contribution is 2.07. The molecule has 2 N–H and O–H groups in total. The first kappa shape index (κ1) is 18.4. The Bertz CT molecular complexity index is 359. The number of ether oxygens (including phenoxy) is 1. The van der Waals surface area contributed by atoms with E-state index in [1.165, 1.54) is 6.92 Å². The van der Waals surface area contributed by atoms with Gasteiger partial charge in [-0.05, 0) is 33.1 Å². The van der Waals surface area contributed by atoms with Gasteiger partial charge in [0, 0.05) is 6.92 Å². The van der Waals surface area contributed by atoms with Crippen molar-refractivity contribution in [2.45, 2.75) is 59.6 Å². The van der Waals surface area contributed by atoms with Gasteiger partial charge in [0.2, 0.25) is 11.8 Å². The molecule has 0 aromatic carbocycles. The number of hydrogen-bond donors (Lipinski definition) is 2. The summed E-state index contributed by atoms with van der Waals surface area (Å²) < 4.78 is 5.09. The molecule has 0 saturated carbocycles. The molecule has 6 heteroatoms. The Balaban J connectivity index is 4.38. The van der Waals surface area contributed by atoms with Crippen LogP contribution in [-0.2, 0) is 19.1 Å². The maximum atomic E-state index is 12.0. The van der Waals surface area contributed by atoms with E-state index in [4.69, 9.17) is 4.74 Å². The Morgan fingerprint density at radius 2 is 1.70 bits per heavy atom. The number of amides is 2. The third-order valence-electron chi connectivity index (χ3n) is 2.23. The van der Waals surface area contributed by atoms with E-state index in [-0.39, 0.29) is 24.3 Å². The van der Waals surface area contributed by atoms with Gasteiger partial charge >= 0.3 is 5.97 Å². The van der Waals surface area contributed by atoms with Crippen LogP contribution >= 0.6 is 0 Å². The molecule has 0 heterocycles. The molecular weight excluding hydrogens is 260 g/mol. The topological polar surface area (TPSA) is 84.5 Å². The van der Waals surface area contributed by atoms with Gasteiger partial charge in [0.15, 0.2) is 0 Å². The van der Waals surface area contributed by atoms with Crippen LogP contribution < -0.4 is 10.6 Å². The zero-order valence-corrected chi connectivity index (χ0v) is 13.2. The molecule has 6 nitrogen and oxygen atoms in total. The van der Waals surface area contributed by atoms with Crippen LogP contribution in [0.3, 0.4) is 0 Å². The SMILES string of the molecule is CC(=O)N[C@@H](CC(C)C)C(=O)NCC(=O)OC(C)(C)C. The van der Waals surface area contributed by atoms with Crippen molar-refractivity contribution in [3.63, 3.8) is 0 Å². The minimum Gasteiger partial charge on any atom is -0.459 e. The summed E-state index contributed by atoms with van der Waals surface area (Å²) >= 11 is 0. The smallest absolute Gasteiger partial charge is 0.325 e. The van der Waals surface area contributed by atoms with Crippen molar-refractivity contribution in [2.75, 3.05) is 6.54 Å². The van der Waals surface area contributed by atoms with Crippen molar-refractivity contribution in [1.29, 1.82) is 0 Å². The van der Waals surface area contributed by atoms with E-state index in [9.17, 15) is 14.4 Å². The average Bonchev–Trinajstić information content (AvgIpc) is 2.21. The number of nitrogens with one attached hydrogen (secondary N) is 2. The van der Waals surface area contributed by atoms with Gasteiger partial charge in [-0.15, -0.1) is 0 Å². The first-order chi connectivity index (χ1) is 9.01. The van der Waals surface area contributed by atoms with Crippen LogP contribution in [0.1, 0.15) is 48.0 Å². The van der Waals surface area contributed by atoms with E-state index in [1.807, 2.05) is 13.8 Å². The third kappa shape index (κ3) is 9.35. The Morgan fingerprint density at radius 3 is 2.10 bits per heavy atom. The van der Waals surface area contributed by atoms with Crippen LogP contribution in [0.2, 0.25) is 0 Å². The Labute approximate surface area is 120 Å². The molecule has 0 aliphatic heterocycles. The average molecular weight is 286 g/mol. The fraction of sp³-hybridized carbons (Fsp3) is 0.786. The molecule has 0 radical (unpaired) electrons. The lowest BCUT2D eigenvalue weighted by atomic mass is 10.0. The molecule has 0 saturated heterocycles. The summed E-state index contributed by atoms with van der Waals surface area (Å²) in [5, 5.41) is 5.07. The third-order valence-corrected chi connectivity index (χ3v) is 2.23. The summed E-state index contributed by atoms with van der Waals surface area (Å²) in [4.78, 5) is 34.5. The maximum absolute atomic E-state index is 12.0. The molecule has 0 fully saturated rings. The van der Waals surface area contributed by atoms with Gasteiger partial charge in [-0.1, -0.05) is 13.8 Å². The van der Waals surface area contributed by atoms with Crippen molar-refractivity contribution in [3.05, 3.63) is 0 Å². The zero-order valence-electron chi connectivity index (χ0n) is 13.2. The largest absolute Gasteiger partial charge is 0.459 e. The van der Waals surface area contributed by atoms with Gasteiger partial charge in [-0.3, -0.25) is 14.4 Å². The van der Waals surface area contributed by atoms with E-state index in [2.05, 4.69) is 10.6 Å². The number of hydrogen-bond acceptors (Lipinski definition) is 4. The van der Waals surface area contributed by atoms with Crippen LogP contribution in [0.25, 0.3) is 0 Å². The summed E-state index contributed by atoms with van der Waals surface area (Å²) in [6.45, 7) is 10.3. The van der Waals surface area contributed by atoms with E-state index in [1.54, 1.807) is 20.8 Å². The standard InChI is InChI=1S/C14H26N2O4/c1-9(2)7-11(16-10(3)17)13(19)15-8-12(18)20-14(4,5)6/h9,11H,7-8H2,1-6H3,(H,15,19)(H,16,17)/t11-/m0/s1. The van der Waals surface area contributed by atoms with Crippen molar-refractivity contribution in [1.82, 2.24) is 10.6 Å². The monoisotopic (exact) mass is 286 g/mol. The predicted octanol–water partition coefficient (Wildman–Crippen LogP) is 0.995. The zero-order chi connectivity index (χ0) is 15.9. The highest BCUT2D eigenvalue weighted by atomic mass is 16.6. The lowest BCUT2D eigenvalue weighted by Gasteiger charge is -2.21. The second-order valence-corrected chi connectivity index (χ2v) is 6.19. The number of rotatable bonds is 6. The van der Waals surface area contributed by atoms with Gasteiger partial charge in [0.25, 0.3) is 0 Å². The molecule has 0 unspecified atom stereocenters. The number of esters is 1. The van der Waals surface area contributed by atoms with Gasteiger partial charge in [-0.25, -0.2) is 0 Å².